The molecule has 1 aliphatic rings. The van der Waals surface area contributed by atoms with Crippen molar-refractivity contribution in [2.75, 3.05) is 0 Å². The lowest BCUT2D eigenvalue weighted by molar-refractivity contribution is -0.146. The normalized spacial score (nSPS) is 25.3. The molecule has 2 rings (SSSR count). The summed E-state index contributed by atoms with van der Waals surface area (Å²) in [5, 5.41) is 30.8. The molecule has 1 aromatic carbocycles. The maximum absolute atomic E-state index is 12.2. The Hall–Kier alpha value is -2.24. The van der Waals surface area contributed by atoms with Crippen molar-refractivity contribution in [1.82, 2.24) is 5.32 Å². The van der Waals surface area contributed by atoms with Gasteiger partial charge in [0.25, 0.3) is 5.91 Å². The number of aliphatic carboxylic acids is 1. The zero-order valence-electron chi connectivity index (χ0n) is 11.8. The highest BCUT2D eigenvalue weighted by Gasteiger charge is 2.42. The van der Waals surface area contributed by atoms with Crippen LogP contribution in [0.4, 0.5) is 0 Å². The number of amides is 1. The Morgan fingerprint density at radius 3 is 2.14 bits per heavy atom. The average molecular weight is 293 g/mol. The molecule has 1 fully saturated rings. The number of nitrogens with one attached hydrogen (secondary N) is 1. The molecule has 0 atom stereocenters. The summed E-state index contributed by atoms with van der Waals surface area (Å²) in [6.07, 6.45) is 2.22. The van der Waals surface area contributed by atoms with Crippen LogP contribution in [0.3, 0.4) is 0 Å². The van der Waals surface area contributed by atoms with E-state index in [1.54, 1.807) is 0 Å². The van der Waals surface area contributed by atoms with E-state index >= 15 is 0 Å². The molecule has 0 aliphatic heterocycles. The minimum absolute atomic E-state index is 0.0340. The Balaban J connectivity index is 2.21. The van der Waals surface area contributed by atoms with E-state index in [-0.39, 0.29) is 17.1 Å². The number of aromatic hydroxyl groups is 2. The van der Waals surface area contributed by atoms with Gasteiger partial charge >= 0.3 is 5.97 Å². The van der Waals surface area contributed by atoms with E-state index in [1.807, 2.05) is 0 Å². The van der Waals surface area contributed by atoms with Crippen molar-refractivity contribution in [3.63, 3.8) is 0 Å². The third-order valence-corrected chi connectivity index (χ3v) is 4.05. The Bertz CT molecular complexity index is 541. The van der Waals surface area contributed by atoms with Crippen molar-refractivity contribution in [1.29, 1.82) is 0 Å². The van der Waals surface area contributed by atoms with E-state index in [4.69, 9.17) is 0 Å². The largest absolute Gasteiger partial charge is 0.508 e. The van der Waals surface area contributed by atoms with Crippen molar-refractivity contribution >= 4 is 11.9 Å². The molecule has 6 nitrogen and oxygen atoms in total. The predicted octanol–water partition coefficient (Wildman–Crippen LogP) is 1.86. The van der Waals surface area contributed by atoms with Crippen LogP contribution in [0.2, 0.25) is 0 Å². The first-order chi connectivity index (χ1) is 9.82. The smallest absolute Gasteiger partial charge is 0.329 e. The van der Waals surface area contributed by atoms with Gasteiger partial charge in [-0.05, 0) is 43.7 Å². The first kappa shape index (κ1) is 15.2. The molecule has 0 bridgehead atoms. The molecule has 0 spiro atoms. The molecule has 114 valence electrons. The highest BCUT2D eigenvalue weighted by Crippen LogP contribution is 2.32. The molecule has 0 heterocycles. The van der Waals surface area contributed by atoms with Crippen LogP contribution in [-0.4, -0.2) is 32.7 Å². The maximum atomic E-state index is 12.2. The molecule has 0 unspecified atom stereocenters. The quantitative estimate of drug-likeness (QED) is 0.680. The van der Waals surface area contributed by atoms with Gasteiger partial charge in [0.15, 0.2) is 0 Å². The molecule has 0 aromatic heterocycles. The van der Waals surface area contributed by atoms with Gasteiger partial charge in [-0.1, -0.05) is 6.92 Å². The Morgan fingerprint density at radius 1 is 1.14 bits per heavy atom. The van der Waals surface area contributed by atoms with E-state index in [1.165, 1.54) is 12.1 Å². The summed E-state index contributed by atoms with van der Waals surface area (Å²) in [5.74, 6) is -1.71. The number of carboxylic acid groups (broad SMARTS) is 1. The monoisotopic (exact) mass is 293 g/mol. The van der Waals surface area contributed by atoms with Crippen LogP contribution >= 0.6 is 0 Å². The molecule has 1 saturated carbocycles. The topological polar surface area (TPSA) is 107 Å². The highest BCUT2D eigenvalue weighted by atomic mass is 16.4. The maximum Gasteiger partial charge on any atom is 0.329 e. The summed E-state index contributed by atoms with van der Waals surface area (Å²) in [6, 6.07) is 3.48. The highest BCUT2D eigenvalue weighted by molar-refractivity contribution is 5.98. The number of phenolic OH excluding ortho intramolecular Hbond substituents is 2. The summed E-state index contributed by atoms with van der Waals surface area (Å²) >= 11 is 0. The summed E-state index contributed by atoms with van der Waals surface area (Å²) in [7, 11) is 0. The van der Waals surface area contributed by atoms with Gasteiger partial charge in [-0.2, -0.15) is 0 Å². The fourth-order valence-electron chi connectivity index (χ4n) is 2.66. The van der Waals surface area contributed by atoms with E-state index in [0.717, 1.165) is 18.9 Å². The summed E-state index contributed by atoms with van der Waals surface area (Å²) < 4.78 is 0. The van der Waals surface area contributed by atoms with Gasteiger partial charge in [0.05, 0.1) is 0 Å². The molecule has 1 amide bonds. The molecular weight excluding hydrogens is 274 g/mol. The number of hydrogen-bond donors (Lipinski definition) is 4. The number of carbonyl (C=O) groups excluding carboxylic acids is 1. The zero-order valence-corrected chi connectivity index (χ0v) is 11.8. The molecular formula is C15H19NO5. The fraction of sp³-hybridized carbons (Fsp3) is 0.467. The number of hydrogen-bond acceptors (Lipinski definition) is 4. The van der Waals surface area contributed by atoms with E-state index < -0.39 is 17.4 Å². The van der Waals surface area contributed by atoms with Crippen molar-refractivity contribution in [3.8, 4) is 11.5 Å². The van der Waals surface area contributed by atoms with Crippen LogP contribution in [-0.2, 0) is 4.79 Å². The van der Waals surface area contributed by atoms with Crippen molar-refractivity contribution < 1.29 is 24.9 Å². The van der Waals surface area contributed by atoms with Crippen LogP contribution in [0, 0.1) is 5.92 Å². The standard InChI is InChI=1S/C15H19NO5/c1-9-2-4-15(5-3-9,14(20)21)16-13(19)10-6-11(17)8-12(18)7-10/h6-9,17-18H,2-5H2,1H3,(H,16,19)(H,20,21). The minimum Gasteiger partial charge on any atom is -0.508 e. The fourth-order valence-corrected chi connectivity index (χ4v) is 2.66. The van der Waals surface area contributed by atoms with E-state index in [0.29, 0.717) is 18.8 Å². The molecule has 4 N–H and O–H groups in total. The van der Waals surface area contributed by atoms with Gasteiger partial charge in [0, 0.05) is 11.6 Å². The van der Waals surface area contributed by atoms with E-state index in [9.17, 15) is 24.9 Å². The lowest BCUT2D eigenvalue weighted by Crippen LogP contribution is -2.56. The predicted molar refractivity (Wildman–Crippen MR) is 75.2 cm³/mol. The summed E-state index contributed by atoms with van der Waals surface area (Å²) in [6.45, 7) is 2.06. The number of carboxylic acids is 1. The first-order valence-electron chi connectivity index (χ1n) is 6.91. The Kier molecular flexibility index (Phi) is 4.06. The number of carbonyl (C=O) groups is 2. The van der Waals surface area contributed by atoms with Crippen molar-refractivity contribution in [2.24, 2.45) is 5.92 Å². The van der Waals surface area contributed by atoms with Crippen LogP contribution < -0.4 is 5.32 Å². The zero-order chi connectivity index (χ0) is 15.6. The second-order valence-electron chi connectivity index (χ2n) is 5.76. The van der Waals surface area contributed by atoms with Gasteiger partial charge < -0.3 is 20.6 Å². The minimum atomic E-state index is -1.27. The van der Waals surface area contributed by atoms with Crippen LogP contribution in [0.25, 0.3) is 0 Å². The molecule has 1 aromatic rings. The Morgan fingerprint density at radius 2 is 1.67 bits per heavy atom. The molecule has 21 heavy (non-hydrogen) atoms. The number of benzene rings is 1. The van der Waals surface area contributed by atoms with Crippen LogP contribution in [0.15, 0.2) is 18.2 Å². The van der Waals surface area contributed by atoms with Gasteiger partial charge in [-0.3, -0.25) is 4.79 Å². The lowest BCUT2D eigenvalue weighted by atomic mass is 9.77. The van der Waals surface area contributed by atoms with Gasteiger partial charge in [-0.25, -0.2) is 4.79 Å². The molecule has 6 heteroatoms. The average Bonchev–Trinajstić information content (AvgIpc) is 2.40. The SMILES string of the molecule is CC1CCC(NC(=O)c2cc(O)cc(O)c2)(C(=O)O)CC1. The summed E-state index contributed by atoms with van der Waals surface area (Å²) in [4.78, 5) is 23.8. The first-order valence-corrected chi connectivity index (χ1v) is 6.91. The van der Waals surface area contributed by atoms with Gasteiger partial charge in [0.1, 0.15) is 17.0 Å². The molecule has 1 aliphatic carbocycles. The number of phenols is 2. The van der Waals surface area contributed by atoms with Crippen molar-refractivity contribution in [3.05, 3.63) is 23.8 Å². The second-order valence-corrected chi connectivity index (χ2v) is 5.76. The van der Waals surface area contributed by atoms with Crippen LogP contribution in [0.1, 0.15) is 43.0 Å². The van der Waals surface area contributed by atoms with Gasteiger partial charge in [-0.15, -0.1) is 0 Å². The lowest BCUT2D eigenvalue weighted by Gasteiger charge is -2.36. The van der Waals surface area contributed by atoms with Crippen molar-refractivity contribution in [2.45, 2.75) is 38.1 Å². The number of rotatable bonds is 3. The Labute approximate surface area is 122 Å². The summed E-state index contributed by atoms with van der Waals surface area (Å²) in [5.41, 5.74) is -1.24. The third kappa shape index (κ3) is 3.26. The third-order valence-electron chi connectivity index (χ3n) is 4.05. The molecule has 0 radical (unpaired) electrons. The molecule has 0 saturated heterocycles. The van der Waals surface area contributed by atoms with Crippen LogP contribution in [0.5, 0.6) is 11.5 Å². The van der Waals surface area contributed by atoms with Gasteiger partial charge in [0.2, 0.25) is 0 Å². The van der Waals surface area contributed by atoms with E-state index in [2.05, 4.69) is 12.2 Å². The second kappa shape index (κ2) is 5.63.